The molecular weight excluding hydrogens is 190 g/mol. The van der Waals surface area contributed by atoms with Crippen LogP contribution in [0.25, 0.3) is 10.9 Å². The van der Waals surface area contributed by atoms with E-state index < -0.39 is 0 Å². The van der Waals surface area contributed by atoms with Gasteiger partial charge in [0.2, 0.25) is 0 Å². The number of benzene rings is 1. The second kappa shape index (κ2) is 3.69. The Hall–Kier alpha value is -1.90. The molecule has 0 fully saturated rings. The number of carbonyl (C=O) groups excluding carboxylic acids is 1. The summed E-state index contributed by atoms with van der Waals surface area (Å²) in [5.41, 5.74) is 2.38. The summed E-state index contributed by atoms with van der Waals surface area (Å²) < 4.78 is 5.25. The molecule has 15 heavy (non-hydrogen) atoms. The minimum Gasteiger partial charge on any atom is -0.496 e. The number of aldehydes is 1. The Balaban J connectivity index is 2.79. The fraction of sp³-hybridized carbons (Fsp3) is 0.167. The van der Waals surface area contributed by atoms with Gasteiger partial charge in [-0.1, -0.05) is 0 Å². The van der Waals surface area contributed by atoms with Crippen LogP contribution >= 0.6 is 0 Å². The Labute approximate surface area is 87.7 Å². The molecule has 76 valence electrons. The maximum atomic E-state index is 10.7. The van der Waals surface area contributed by atoms with E-state index in [0.29, 0.717) is 5.56 Å². The lowest BCUT2D eigenvalue weighted by molar-refractivity contribution is 0.112. The highest BCUT2D eigenvalue weighted by molar-refractivity contribution is 5.90. The van der Waals surface area contributed by atoms with Crippen molar-refractivity contribution >= 4 is 17.2 Å². The summed E-state index contributed by atoms with van der Waals surface area (Å²) >= 11 is 0. The van der Waals surface area contributed by atoms with Gasteiger partial charge in [-0.2, -0.15) is 0 Å². The van der Waals surface area contributed by atoms with Crippen LogP contribution in [0.2, 0.25) is 0 Å². The van der Waals surface area contributed by atoms with Crippen LogP contribution in [-0.2, 0) is 0 Å². The van der Waals surface area contributed by atoms with Gasteiger partial charge in [0.1, 0.15) is 12.0 Å². The molecule has 1 aromatic carbocycles. The Morgan fingerprint density at radius 1 is 1.33 bits per heavy atom. The number of fused-ring (bicyclic) bond motifs is 1. The largest absolute Gasteiger partial charge is 0.496 e. The third-order valence-electron chi connectivity index (χ3n) is 2.28. The fourth-order valence-corrected chi connectivity index (χ4v) is 1.58. The standard InChI is InChI=1S/C12H11NO2/c1-8-5-12(15-2)10-6-9(7-14)3-4-11(10)13-8/h3-7H,1-2H3. The van der Waals surface area contributed by atoms with Crippen LogP contribution in [0.5, 0.6) is 5.75 Å². The van der Waals surface area contributed by atoms with E-state index in [2.05, 4.69) is 4.98 Å². The number of nitrogens with zero attached hydrogens (tertiary/aromatic N) is 1. The molecule has 0 bridgehead atoms. The number of hydrogen-bond donors (Lipinski definition) is 0. The van der Waals surface area contributed by atoms with Crippen molar-refractivity contribution in [2.24, 2.45) is 0 Å². The molecule has 1 heterocycles. The van der Waals surface area contributed by atoms with Crippen molar-refractivity contribution < 1.29 is 9.53 Å². The first kappa shape index (κ1) is 9.65. The van der Waals surface area contributed by atoms with E-state index in [9.17, 15) is 4.79 Å². The van der Waals surface area contributed by atoms with Crippen molar-refractivity contribution in [1.29, 1.82) is 0 Å². The van der Waals surface area contributed by atoms with Crippen molar-refractivity contribution in [2.45, 2.75) is 6.92 Å². The maximum absolute atomic E-state index is 10.7. The molecule has 0 aliphatic heterocycles. The molecule has 2 rings (SSSR count). The van der Waals surface area contributed by atoms with Crippen LogP contribution in [-0.4, -0.2) is 18.4 Å². The van der Waals surface area contributed by atoms with Crippen LogP contribution in [0.15, 0.2) is 24.3 Å². The van der Waals surface area contributed by atoms with Gasteiger partial charge in [-0.15, -0.1) is 0 Å². The predicted octanol–water partition coefficient (Wildman–Crippen LogP) is 2.36. The number of ether oxygens (including phenoxy) is 1. The number of carbonyl (C=O) groups is 1. The number of pyridine rings is 1. The second-order valence-electron chi connectivity index (χ2n) is 3.36. The van der Waals surface area contributed by atoms with Gasteiger partial charge in [0.15, 0.2) is 0 Å². The second-order valence-corrected chi connectivity index (χ2v) is 3.36. The van der Waals surface area contributed by atoms with Crippen LogP contribution in [0, 0.1) is 6.92 Å². The molecular formula is C12H11NO2. The zero-order valence-corrected chi connectivity index (χ0v) is 8.65. The summed E-state index contributed by atoms with van der Waals surface area (Å²) in [6, 6.07) is 7.22. The molecule has 3 nitrogen and oxygen atoms in total. The first-order chi connectivity index (χ1) is 7.24. The van der Waals surface area contributed by atoms with Gasteiger partial charge < -0.3 is 4.74 Å². The summed E-state index contributed by atoms with van der Waals surface area (Å²) in [4.78, 5) is 15.0. The van der Waals surface area contributed by atoms with Crippen LogP contribution < -0.4 is 4.74 Å². The van der Waals surface area contributed by atoms with Gasteiger partial charge in [-0.05, 0) is 25.1 Å². The van der Waals surface area contributed by atoms with Gasteiger partial charge in [0.05, 0.1) is 12.6 Å². The fourth-order valence-electron chi connectivity index (χ4n) is 1.58. The molecule has 0 aliphatic carbocycles. The molecule has 0 aliphatic rings. The molecule has 0 unspecified atom stereocenters. The summed E-state index contributed by atoms with van der Waals surface area (Å²) in [6.07, 6.45) is 0.818. The summed E-state index contributed by atoms with van der Waals surface area (Å²) in [6.45, 7) is 1.91. The van der Waals surface area contributed by atoms with Gasteiger partial charge in [0, 0.05) is 22.7 Å². The molecule has 1 aromatic heterocycles. The average molecular weight is 201 g/mol. The molecule has 0 N–H and O–H groups in total. The predicted molar refractivity (Wildman–Crippen MR) is 58.4 cm³/mol. The van der Waals surface area contributed by atoms with Crippen molar-refractivity contribution in [3.63, 3.8) is 0 Å². The van der Waals surface area contributed by atoms with Gasteiger partial charge in [-0.3, -0.25) is 9.78 Å². The first-order valence-corrected chi connectivity index (χ1v) is 4.65. The first-order valence-electron chi connectivity index (χ1n) is 4.65. The SMILES string of the molecule is COc1cc(C)nc2ccc(C=O)cc12. The summed E-state index contributed by atoms with van der Waals surface area (Å²) in [5.74, 6) is 0.751. The Kier molecular flexibility index (Phi) is 2.37. The van der Waals surface area contributed by atoms with Gasteiger partial charge in [-0.25, -0.2) is 0 Å². The Morgan fingerprint density at radius 2 is 2.13 bits per heavy atom. The lowest BCUT2D eigenvalue weighted by Crippen LogP contribution is -1.91. The number of methoxy groups -OCH3 is 1. The molecule has 3 heteroatoms. The van der Waals surface area contributed by atoms with E-state index in [1.54, 1.807) is 19.2 Å². The van der Waals surface area contributed by atoms with E-state index in [1.807, 2.05) is 19.1 Å². The molecule has 0 saturated heterocycles. The summed E-state index contributed by atoms with van der Waals surface area (Å²) in [5, 5.41) is 0.868. The molecule has 0 amide bonds. The van der Waals surface area contributed by atoms with E-state index in [0.717, 1.165) is 28.6 Å². The normalized spacial score (nSPS) is 10.3. The van der Waals surface area contributed by atoms with E-state index in [4.69, 9.17) is 4.74 Å². The van der Waals surface area contributed by atoms with Gasteiger partial charge >= 0.3 is 0 Å². The van der Waals surface area contributed by atoms with Crippen molar-refractivity contribution in [2.75, 3.05) is 7.11 Å². The molecule has 0 atom stereocenters. The third kappa shape index (κ3) is 1.68. The average Bonchev–Trinajstić information content (AvgIpc) is 2.27. The van der Waals surface area contributed by atoms with Crippen molar-refractivity contribution in [1.82, 2.24) is 4.98 Å². The number of aryl methyl sites for hydroxylation is 1. The smallest absolute Gasteiger partial charge is 0.150 e. The zero-order chi connectivity index (χ0) is 10.8. The molecule has 0 saturated carbocycles. The zero-order valence-electron chi connectivity index (χ0n) is 8.65. The quantitative estimate of drug-likeness (QED) is 0.700. The maximum Gasteiger partial charge on any atom is 0.150 e. The molecule has 0 spiro atoms. The lowest BCUT2D eigenvalue weighted by Gasteiger charge is -2.06. The Morgan fingerprint density at radius 3 is 2.80 bits per heavy atom. The van der Waals surface area contributed by atoms with E-state index in [1.165, 1.54) is 0 Å². The minimum atomic E-state index is 0.631. The van der Waals surface area contributed by atoms with Gasteiger partial charge in [0.25, 0.3) is 0 Å². The van der Waals surface area contributed by atoms with Crippen molar-refractivity contribution in [3.8, 4) is 5.75 Å². The number of rotatable bonds is 2. The topological polar surface area (TPSA) is 39.2 Å². The highest BCUT2D eigenvalue weighted by Gasteiger charge is 2.04. The third-order valence-corrected chi connectivity index (χ3v) is 2.28. The van der Waals surface area contributed by atoms with Crippen LogP contribution in [0.4, 0.5) is 0 Å². The lowest BCUT2D eigenvalue weighted by atomic mass is 10.1. The van der Waals surface area contributed by atoms with E-state index in [-0.39, 0.29) is 0 Å². The highest BCUT2D eigenvalue weighted by Crippen LogP contribution is 2.25. The number of hydrogen-bond acceptors (Lipinski definition) is 3. The number of aromatic nitrogens is 1. The van der Waals surface area contributed by atoms with E-state index >= 15 is 0 Å². The van der Waals surface area contributed by atoms with Crippen LogP contribution in [0.3, 0.4) is 0 Å². The highest BCUT2D eigenvalue weighted by atomic mass is 16.5. The minimum absolute atomic E-state index is 0.631. The molecule has 0 radical (unpaired) electrons. The Bertz CT molecular complexity index is 520. The van der Waals surface area contributed by atoms with Crippen molar-refractivity contribution in [3.05, 3.63) is 35.5 Å². The molecule has 2 aromatic rings. The summed E-state index contributed by atoms with van der Waals surface area (Å²) in [7, 11) is 1.61. The van der Waals surface area contributed by atoms with Crippen LogP contribution in [0.1, 0.15) is 16.1 Å². The monoisotopic (exact) mass is 201 g/mol.